The topological polar surface area (TPSA) is 61.2 Å². The molecular weight excluding hydrogens is 178 g/mol. The molecule has 80 valence electrons. The number of carboxylic acids is 1. The average Bonchev–Trinajstić information content (AvgIpc) is 2.19. The van der Waals surface area contributed by atoms with E-state index in [1.54, 1.807) is 0 Å². The predicted molar refractivity (Wildman–Crippen MR) is 55.6 cm³/mol. The molecule has 1 aliphatic carbocycles. The van der Waals surface area contributed by atoms with Crippen LogP contribution < -0.4 is 0 Å². The van der Waals surface area contributed by atoms with Crippen molar-refractivity contribution in [2.45, 2.75) is 39.0 Å². The summed E-state index contributed by atoms with van der Waals surface area (Å²) in [6, 6.07) is 0. The highest BCUT2D eigenvalue weighted by Gasteiger charge is 2.29. The van der Waals surface area contributed by atoms with E-state index in [0.29, 0.717) is 5.92 Å². The fraction of sp³-hybridized carbons (Fsp3) is 0.818. The molecule has 2 N–H and O–H groups in total. The molecule has 0 radical (unpaired) electrons. The number of rotatable bonds is 4. The Kier molecular flexibility index (Phi) is 4.11. The maximum atomic E-state index is 10.9. The quantitative estimate of drug-likeness (QED) is 0.680. The normalized spacial score (nSPS) is 22.6. The maximum Gasteiger partial charge on any atom is 0.312 e. The summed E-state index contributed by atoms with van der Waals surface area (Å²) in [7, 11) is 0. The minimum absolute atomic E-state index is 0.116. The Morgan fingerprint density at radius 1 is 1.43 bits per heavy atom. The molecule has 0 bridgehead atoms. The van der Waals surface area contributed by atoms with Gasteiger partial charge in [-0.3, -0.25) is 4.79 Å². The van der Waals surface area contributed by atoms with Crippen molar-refractivity contribution in [1.82, 2.24) is 0 Å². The van der Waals surface area contributed by atoms with Crippen LogP contribution >= 0.6 is 0 Å². The van der Waals surface area contributed by atoms with Gasteiger partial charge in [0.05, 0.1) is 5.92 Å². The van der Waals surface area contributed by atoms with Gasteiger partial charge in [0.2, 0.25) is 0 Å². The Hall–Kier alpha value is -0.860. The van der Waals surface area contributed by atoms with Crippen LogP contribution in [0.4, 0.5) is 0 Å². The maximum absolute atomic E-state index is 10.9. The molecule has 3 heteroatoms. The Morgan fingerprint density at radius 2 is 2.00 bits per heavy atom. The number of hydrogen-bond donors (Lipinski definition) is 2. The van der Waals surface area contributed by atoms with Crippen molar-refractivity contribution < 1.29 is 9.90 Å². The first-order chi connectivity index (χ1) is 6.66. The van der Waals surface area contributed by atoms with E-state index in [-0.39, 0.29) is 5.92 Å². The van der Waals surface area contributed by atoms with Gasteiger partial charge in [-0.05, 0) is 11.8 Å². The molecule has 3 nitrogen and oxygen atoms in total. The first kappa shape index (κ1) is 11.2. The van der Waals surface area contributed by atoms with E-state index >= 15 is 0 Å². The van der Waals surface area contributed by atoms with Crippen LogP contribution in [0.25, 0.3) is 0 Å². The molecule has 0 heterocycles. The summed E-state index contributed by atoms with van der Waals surface area (Å²) in [5, 5.41) is 16.1. The first-order valence-corrected chi connectivity index (χ1v) is 5.40. The van der Waals surface area contributed by atoms with Gasteiger partial charge in [0.1, 0.15) is 0 Å². The summed E-state index contributed by atoms with van der Waals surface area (Å²) in [6.07, 6.45) is 7.09. The van der Waals surface area contributed by atoms with Crippen LogP contribution in [-0.4, -0.2) is 17.3 Å². The Labute approximate surface area is 85.0 Å². The minimum atomic E-state index is -0.849. The smallest absolute Gasteiger partial charge is 0.312 e. The molecule has 0 amide bonds. The minimum Gasteiger partial charge on any atom is -0.481 e. The molecule has 1 fully saturated rings. The lowest BCUT2D eigenvalue weighted by Gasteiger charge is -2.29. The molecule has 0 aliphatic heterocycles. The standard InChI is InChI=1S/C11H19NO2/c1-8(10(7-12)11(13)14)9-5-3-2-4-6-9/h7-10,12H,2-6H2,1H3,(H,13,14). The highest BCUT2D eigenvalue weighted by molar-refractivity contribution is 5.87. The second-order valence-corrected chi connectivity index (χ2v) is 4.29. The van der Waals surface area contributed by atoms with Crippen molar-refractivity contribution in [2.75, 3.05) is 0 Å². The second kappa shape index (κ2) is 5.13. The van der Waals surface area contributed by atoms with E-state index in [0.717, 1.165) is 19.1 Å². The van der Waals surface area contributed by atoms with Crippen LogP contribution in [-0.2, 0) is 4.79 Å². The number of carbonyl (C=O) groups is 1. The number of carboxylic acid groups (broad SMARTS) is 1. The third-order valence-corrected chi connectivity index (χ3v) is 3.42. The predicted octanol–water partition coefficient (Wildman–Crippen LogP) is 2.55. The molecule has 2 unspecified atom stereocenters. The van der Waals surface area contributed by atoms with Gasteiger partial charge in [-0.25, -0.2) is 0 Å². The molecule has 1 aliphatic rings. The fourth-order valence-electron chi connectivity index (χ4n) is 2.40. The number of nitrogens with one attached hydrogen (secondary N) is 1. The van der Waals surface area contributed by atoms with Gasteiger partial charge >= 0.3 is 5.97 Å². The third kappa shape index (κ3) is 2.56. The zero-order chi connectivity index (χ0) is 10.6. The number of aliphatic carboxylic acids is 1. The van der Waals surface area contributed by atoms with E-state index in [1.165, 1.54) is 19.3 Å². The summed E-state index contributed by atoms with van der Waals surface area (Å²) < 4.78 is 0. The summed E-state index contributed by atoms with van der Waals surface area (Å²) in [5.41, 5.74) is 0. The lowest BCUT2D eigenvalue weighted by atomic mass is 9.75. The van der Waals surface area contributed by atoms with Gasteiger partial charge in [0.25, 0.3) is 0 Å². The lowest BCUT2D eigenvalue weighted by molar-refractivity contribution is -0.141. The van der Waals surface area contributed by atoms with Gasteiger partial charge in [-0.2, -0.15) is 0 Å². The molecule has 0 spiro atoms. The van der Waals surface area contributed by atoms with Crippen molar-refractivity contribution in [3.8, 4) is 0 Å². The fourth-order valence-corrected chi connectivity index (χ4v) is 2.40. The first-order valence-electron chi connectivity index (χ1n) is 5.40. The van der Waals surface area contributed by atoms with Gasteiger partial charge in [-0.15, -0.1) is 0 Å². The molecule has 1 rings (SSSR count). The van der Waals surface area contributed by atoms with Crippen LogP contribution in [0.15, 0.2) is 0 Å². The second-order valence-electron chi connectivity index (χ2n) is 4.29. The summed E-state index contributed by atoms with van der Waals surface area (Å²) in [4.78, 5) is 10.9. The highest BCUT2D eigenvalue weighted by atomic mass is 16.4. The molecule has 0 aromatic heterocycles. The Balaban J connectivity index is 2.56. The largest absolute Gasteiger partial charge is 0.481 e. The van der Waals surface area contributed by atoms with Crippen molar-refractivity contribution in [1.29, 1.82) is 5.41 Å². The van der Waals surface area contributed by atoms with Crippen LogP contribution in [0.3, 0.4) is 0 Å². The van der Waals surface area contributed by atoms with Gasteiger partial charge in [0, 0.05) is 6.21 Å². The third-order valence-electron chi connectivity index (χ3n) is 3.42. The van der Waals surface area contributed by atoms with Crippen molar-refractivity contribution in [3.05, 3.63) is 0 Å². The molecule has 14 heavy (non-hydrogen) atoms. The number of hydrogen-bond acceptors (Lipinski definition) is 2. The monoisotopic (exact) mass is 197 g/mol. The zero-order valence-electron chi connectivity index (χ0n) is 8.70. The highest BCUT2D eigenvalue weighted by Crippen LogP contribution is 2.33. The molecule has 0 aromatic rings. The lowest BCUT2D eigenvalue weighted by Crippen LogP contribution is -2.29. The van der Waals surface area contributed by atoms with Crippen molar-refractivity contribution in [2.24, 2.45) is 17.8 Å². The van der Waals surface area contributed by atoms with E-state index in [2.05, 4.69) is 0 Å². The molecule has 1 saturated carbocycles. The molecule has 0 aromatic carbocycles. The van der Waals surface area contributed by atoms with E-state index in [1.807, 2.05) is 6.92 Å². The van der Waals surface area contributed by atoms with E-state index in [4.69, 9.17) is 10.5 Å². The van der Waals surface area contributed by atoms with Gasteiger partial charge in [0.15, 0.2) is 0 Å². The van der Waals surface area contributed by atoms with Crippen LogP contribution in [0.1, 0.15) is 39.0 Å². The zero-order valence-corrected chi connectivity index (χ0v) is 8.70. The molecule has 0 saturated heterocycles. The van der Waals surface area contributed by atoms with Crippen molar-refractivity contribution in [3.63, 3.8) is 0 Å². The summed E-state index contributed by atoms with van der Waals surface area (Å²) in [5.74, 6) is -0.812. The Bertz CT molecular complexity index is 209. The van der Waals surface area contributed by atoms with Crippen LogP contribution in [0.5, 0.6) is 0 Å². The molecule has 2 atom stereocenters. The van der Waals surface area contributed by atoms with Gasteiger partial charge in [-0.1, -0.05) is 39.0 Å². The molecular formula is C11H19NO2. The Morgan fingerprint density at radius 3 is 2.43 bits per heavy atom. The summed E-state index contributed by atoms with van der Waals surface area (Å²) >= 11 is 0. The summed E-state index contributed by atoms with van der Waals surface area (Å²) in [6.45, 7) is 1.97. The van der Waals surface area contributed by atoms with Crippen molar-refractivity contribution >= 4 is 12.2 Å². The van der Waals surface area contributed by atoms with Crippen LogP contribution in [0, 0.1) is 23.2 Å². The van der Waals surface area contributed by atoms with E-state index in [9.17, 15) is 4.79 Å². The van der Waals surface area contributed by atoms with E-state index < -0.39 is 11.9 Å². The van der Waals surface area contributed by atoms with Crippen LogP contribution in [0.2, 0.25) is 0 Å². The average molecular weight is 197 g/mol. The van der Waals surface area contributed by atoms with Gasteiger partial charge < -0.3 is 10.5 Å². The SMILES string of the molecule is CC(C1CCCCC1)C(C=N)C(=O)O.